The van der Waals surface area contributed by atoms with Crippen LogP contribution in [0.1, 0.15) is 39.9 Å². The molecule has 0 bridgehead atoms. The van der Waals surface area contributed by atoms with E-state index < -0.39 is 44.1 Å². The van der Waals surface area contributed by atoms with Gasteiger partial charge in [0.05, 0.1) is 27.6 Å². The molecular formula is C23H19ClF3N3O4S. The number of carboxylic acid groups (broad SMARTS) is 1. The maximum atomic E-state index is 13.5. The van der Waals surface area contributed by atoms with Crippen molar-refractivity contribution in [3.63, 3.8) is 0 Å². The quantitative estimate of drug-likeness (QED) is 0.458. The van der Waals surface area contributed by atoms with Crippen LogP contribution in [0.15, 0.2) is 65.7 Å². The van der Waals surface area contributed by atoms with Crippen LogP contribution in [0.5, 0.6) is 0 Å². The average molecular weight is 526 g/mol. The summed E-state index contributed by atoms with van der Waals surface area (Å²) >= 11 is 6.09. The van der Waals surface area contributed by atoms with Crippen molar-refractivity contribution < 1.29 is 31.5 Å². The lowest BCUT2D eigenvalue weighted by Gasteiger charge is -2.25. The maximum absolute atomic E-state index is 13.5. The smallest absolute Gasteiger partial charge is 0.417 e. The minimum absolute atomic E-state index is 0.132. The third-order valence-corrected chi connectivity index (χ3v) is 7.75. The molecule has 12 heteroatoms. The van der Waals surface area contributed by atoms with Gasteiger partial charge in [0.1, 0.15) is 0 Å². The van der Waals surface area contributed by atoms with Crippen LogP contribution in [0.2, 0.25) is 5.02 Å². The van der Waals surface area contributed by atoms with Crippen molar-refractivity contribution in [3.8, 4) is 0 Å². The Hall–Kier alpha value is -3.15. The van der Waals surface area contributed by atoms with Gasteiger partial charge in [-0.3, -0.25) is 0 Å². The van der Waals surface area contributed by atoms with E-state index in [1.54, 1.807) is 24.3 Å². The Balaban J connectivity index is 1.76. The molecule has 0 aliphatic heterocycles. The lowest BCUT2D eigenvalue weighted by Crippen LogP contribution is -2.32. The number of rotatable bonds is 7. The molecule has 1 aromatic heterocycles. The van der Waals surface area contributed by atoms with Gasteiger partial charge >= 0.3 is 12.1 Å². The van der Waals surface area contributed by atoms with Gasteiger partial charge in [-0.25, -0.2) is 22.5 Å². The SMILES string of the molecule is NC1(c2ccc(CN(c3ncc(C(F)(F)F)cc3Cl)S(=O)(=O)c3ccc(C(=O)O)cc3)cc2)CC1. The number of carboxylic acids is 1. The molecule has 35 heavy (non-hydrogen) atoms. The third-order valence-electron chi connectivity index (χ3n) is 5.72. The van der Waals surface area contributed by atoms with E-state index in [1.165, 1.54) is 0 Å². The molecule has 4 rings (SSSR count). The summed E-state index contributed by atoms with van der Waals surface area (Å²) in [6.07, 6.45) is -2.54. The molecule has 1 fully saturated rings. The third kappa shape index (κ3) is 5.12. The summed E-state index contributed by atoms with van der Waals surface area (Å²) in [5.41, 5.74) is 5.95. The molecule has 184 valence electrons. The molecule has 0 amide bonds. The van der Waals surface area contributed by atoms with Crippen molar-refractivity contribution in [1.82, 2.24) is 4.98 Å². The number of hydrogen-bond acceptors (Lipinski definition) is 5. The highest BCUT2D eigenvalue weighted by Crippen LogP contribution is 2.42. The van der Waals surface area contributed by atoms with Crippen LogP contribution in [0.3, 0.4) is 0 Å². The van der Waals surface area contributed by atoms with Gasteiger partial charge < -0.3 is 10.8 Å². The van der Waals surface area contributed by atoms with Crippen molar-refractivity contribution in [2.24, 2.45) is 5.73 Å². The number of aromatic carboxylic acids is 1. The molecule has 0 spiro atoms. The number of carbonyl (C=O) groups is 1. The van der Waals surface area contributed by atoms with E-state index in [0.29, 0.717) is 17.8 Å². The second kappa shape index (κ2) is 8.81. The first-order valence-electron chi connectivity index (χ1n) is 10.3. The number of halogens is 4. The second-order valence-corrected chi connectivity index (χ2v) is 10.5. The summed E-state index contributed by atoms with van der Waals surface area (Å²) in [5.74, 6) is -1.64. The van der Waals surface area contributed by atoms with Crippen molar-refractivity contribution in [1.29, 1.82) is 0 Å². The Morgan fingerprint density at radius 3 is 2.20 bits per heavy atom. The maximum Gasteiger partial charge on any atom is 0.417 e. The first-order chi connectivity index (χ1) is 16.3. The molecule has 1 saturated carbocycles. The number of nitrogens with two attached hydrogens (primary N) is 1. The fourth-order valence-corrected chi connectivity index (χ4v) is 5.22. The Bertz CT molecular complexity index is 1370. The van der Waals surface area contributed by atoms with Crippen LogP contribution in [0.25, 0.3) is 0 Å². The molecule has 7 nitrogen and oxygen atoms in total. The Morgan fingerprint density at radius 2 is 1.71 bits per heavy atom. The van der Waals surface area contributed by atoms with E-state index in [0.717, 1.165) is 47.0 Å². The zero-order valence-corrected chi connectivity index (χ0v) is 19.5. The standard InChI is InChI=1S/C23H19ClF3N3O4S/c24-19-11-17(23(25,26)27)12-29-20(19)30(13-14-1-5-16(6-2-14)22(28)9-10-22)35(33,34)18-7-3-15(4-8-18)21(31)32/h1-8,11-12H,9-10,13,28H2,(H,31,32). The topological polar surface area (TPSA) is 114 Å². The molecule has 3 aromatic rings. The van der Waals surface area contributed by atoms with E-state index in [4.69, 9.17) is 22.4 Å². The molecule has 0 radical (unpaired) electrons. The van der Waals surface area contributed by atoms with Gasteiger partial charge in [0.2, 0.25) is 0 Å². The minimum atomic E-state index is -4.72. The Morgan fingerprint density at radius 1 is 1.11 bits per heavy atom. The van der Waals surface area contributed by atoms with Crippen LogP contribution < -0.4 is 10.0 Å². The fraction of sp³-hybridized carbons (Fsp3) is 0.217. The van der Waals surface area contributed by atoms with Gasteiger partial charge in [-0.2, -0.15) is 13.2 Å². The van der Waals surface area contributed by atoms with E-state index in [1.807, 2.05) is 0 Å². The van der Waals surface area contributed by atoms with E-state index in [2.05, 4.69) is 4.98 Å². The van der Waals surface area contributed by atoms with Crippen LogP contribution in [-0.2, 0) is 28.3 Å². The van der Waals surface area contributed by atoms with E-state index in [-0.39, 0.29) is 17.0 Å². The molecule has 0 unspecified atom stereocenters. The molecule has 0 atom stereocenters. The zero-order valence-electron chi connectivity index (χ0n) is 18.0. The molecule has 1 heterocycles. The Labute approximate surface area is 204 Å². The van der Waals surface area contributed by atoms with Crippen LogP contribution in [-0.4, -0.2) is 24.5 Å². The first kappa shape index (κ1) is 25.0. The number of hydrogen-bond donors (Lipinski definition) is 2. The molecule has 2 aromatic carbocycles. The summed E-state index contributed by atoms with van der Waals surface area (Å²) in [5, 5.41) is 8.57. The number of alkyl halides is 3. The summed E-state index contributed by atoms with van der Waals surface area (Å²) in [4.78, 5) is 14.6. The number of aromatic nitrogens is 1. The lowest BCUT2D eigenvalue weighted by molar-refractivity contribution is -0.137. The van der Waals surface area contributed by atoms with E-state index in [9.17, 15) is 26.4 Å². The van der Waals surface area contributed by atoms with Gasteiger partial charge in [0.25, 0.3) is 10.0 Å². The van der Waals surface area contributed by atoms with Crippen LogP contribution in [0.4, 0.5) is 19.0 Å². The lowest BCUT2D eigenvalue weighted by atomic mass is 10.0. The normalized spacial score (nSPS) is 15.0. The average Bonchev–Trinajstić information content (AvgIpc) is 3.56. The molecule has 3 N–H and O–H groups in total. The highest BCUT2D eigenvalue weighted by atomic mass is 35.5. The van der Waals surface area contributed by atoms with Gasteiger partial charge in [0.15, 0.2) is 5.82 Å². The highest BCUT2D eigenvalue weighted by Gasteiger charge is 2.40. The number of benzene rings is 2. The molecule has 0 saturated heterocycles. The van der Waals surface area contributed by atoms with Gasteiger partial charge in [-0.15, -0.1) is 0 Å². The van der Waals surface area contributed by atoms with Crippen molar-refractivity contribution in [2.75, 3.05) is 4.31 Å². The predicted octanol–water partition coefficient (Wildman–Crippen LogP) is 4.80. The minimum Gasteiger partial charge on any atom is -0.478 e. The first-order valence-corrected chi connectivity index (χ1v) is 12.1. The molecular weight excluding hydrogens is 507 g/mol. The number of pyridine rings is 1. The number of anilines is 1. The van der Waals surface area contributed by atoms with Gasteiger partial charge in [-0.05, 0) is 54.3 Å². The van der Waals surface area contributed by atoms with Crippen molar-refractivity contribution in [2.45, 2.75) is 36.0 Å². The second-order valence-electron chi connectivity index (χ2n) is 8.22. The number of nitrogens with zero attached hydrogens (tertiary/aromatic N) is 2. The summed E-state index contributed by atoms with van der Waals surface area (Å²) in [6.45, 7) is -0.293. The molecule has 1 aliphatic rings. The van der Waals surface area contributed by atoms with Crippen molar-refractivity contribution in [3.05, 3.63) is 88.1 Å². The largest absolute Gasteiger partial charge is 0.478 e. The summed E-state index contributed by atoms with van der Waals surface area (Å²) in [7, 11) is -4.40. The van der Waals surface area contributed by atoms with E-state index >= 15 is 0 Å². The van der Waals surface area contributed by atoms with Gasteiger partial charge in [-0.1, -0.05) is 35.9 Å². The van der Waals surface area contributed by atoms with Crippen molar-refractivity contribution >= 4 is 33.4 Å². The van der Waals surface area contributed by atoms with Crippen LogP contribution in [0, 0.1) is 0 Å². The predicted molar refractivity (Wildman–Crippen MR) is 123 cm³/mol. The number of sulfonamides is 1. The fourth-order valence-electron chi connectivity index (χ4n) is 3.47. The Kier molecular flexibility index (Phi) is 6.28. The zero-order chi connectivity index (χ0) is 25.6. The molecule has 1 aliphatic carbocycles. The highest BCUT2D eigenvalue weighted by molar-refractivity contribution is 7.92. The summed E-state index contributed by atoms with van der Waals surface area (Å²) < 4.78 is 67.1. The van der Waals surface area contributed by atoms with Gasteiger partial charge in [0, 0.05) is 11.7 Å². The summed E-state index contributed by atoms with van der Waals surface area (Å²) in [6, 6.07) is 11.9. The van der Waals surface area contributed by atoms with Crippen LogP contribution >= 0.6 is 11.6 Å². The monoisotopic (exact) mass is 525 g/mol.